The summed E-state index contributed by atoms with van der Waals surface area (Å²) in [5.41, 5.74) is 0.390. The SMILES string of the molecule is CCNC(=S)N[C@H](C)c1ccc(F)cc1F. The summed E-state index contributed by atoms with van der Waals surface area (Å²) in [5, 5.41) is 6.27. The van der Waals surface area contributed by atoms with Gasteiger partial charge < -0.3 is 10.6 Å². The van der Waals surface area contributed by atoms with Gasteiger partial charge in [-0.15, -0.1) is 0 Å². The Hall–Kier alpha value is -1.23. The first-order chi connectivity index (χ1) is 7.54. The van der Waals surface area contributed by atoms with Crippen LogP contribution in [0.2, 0.25) is 0 Å². The summed E-state index contributed by atoms with van der Waals surface area (Å²) in [7, 11) is 0. The minimum Gasteiger partial charge on any atom is -0.363 e. The Morgan fingerprint density at radius 1 is 1.44 bits per heavy atom. The van der Waals surface area contributed by atoms with Crippen molar-refractivity contribution in [3.63, 3.8) is 0 Å². The van der Waals surface area contributed by atoms with Crippen molar-refractivity contribution in [2.45, 2.75) is 19.9 Å². The van der Waals surface area contributed by atoms with E-state index >= 15 is 0 Å². The summed E-state index contributed by atoms with van der Waals surface area (Å²) in [5.74, 6) is -1.15. The van der Waals surface area contributed by atoms with Gasteiger partial charge in [0, 0.05) is 18.2 Å². The second-order valence-electron chi connectivity index (χ2n) is 3.39. The predicted octanol–water partition coefficient (Wildman–Crippen LogP) is 2.51. The zero-order chi connectivity index (χ0) is 12.1. The fraction of sp³-hybridized carbons (Fsp3) is 0.364. The van der Waals surface area contributed by atoms with Gasteiger partial charge in [0.05, 0.1) is 6.04 Å². The minimum absolute atomic E-state index is 0.299. The third-order valence-electron chi connectivity index (χ3n) is 2.11. The zero-order valence-corrected chi connectivity index (χ0v) is 10.00. The highest BCUT2D eigenvalue weighted by molar-refractivity contribution is 7.80. The van der Waals surface area contributed by atoms with E-state index in [0.29, 0.717) is 17.2 Å². The van der Waals surface area contributed by atoms with Crippen LogP contribution in [0.15, 0.2) is 18.2 Å². The molecule has 0 heterocycles. The Bertz CT molecular complexity index is 382. The molecule has 0 unspecified atom stereocenters. The van der Waals surface area contributed by atoms with Crippen LogP contribution in [0, 0.1) is 11.6 Å². The van der Waals surface area contributed by atoms with E-state index in [1.54, 1.807) is 6.92 Å². The molecule has 0 aliphatic carbocycles. The molecular formula is C11H14F2N2S. The summed E-state index contributed by atoms with van der Waals surface area (Å²) >= 11 is 4.98. The van der Waals surface area contributed by atoms with Crippen molar-refractivity contribution in [2.75, 3.05) is 6.54 Å². The summed E-state index contributed by atoms with van der Waals surface area (Å²) < 4.78 is 26.1. The first kappa shape index (κ1) is 12.8. The quantitative estimate of drug-likeness (QED) is 0.799. The lowest BCUT2D eigenvalue weighted by atomic mass is 10.1. The van der Waals surface area contributed by atoms with E-state index in [1.165, 1.54) is 12.1 Å². The standard InChI is InChI=1S/C11H14F2N2S/c1-3-14-11(16)15-7(2)9-5-4-8(12)6-10(9)13/h4-7H,3H2,1-2H3,(H2,14,15,16)/t7-/m1/s1. The van der Waals surface area contributed by atoms with Gasteiger partial charge in [-0.1, -0.05) is 6.07 Å². The molecule has 1 rings (SSSR count). The fourth-order valence-electron chi connectivity index (χ4n) is 1.34. The van der Waals surface area contributed by atoms with Gasteiger partial charge in [-0.25, -0.2) is 8.78 Å². The highest BCUT2D eigenvalue weighted by atomic mass is 32.1. The van der Waals surface area contributed by atoms with E-state index in [9.17, 15) is 8.78 Å². The van der Waals surface area contributed by atoms with Crippen molar-refractivity contribution in [1.82, 2.24) is 10.6 Å². The molecule has 88 valence electrons. The molecule has 0 saturated heterocycles. The smallest absolute Gasteiger partial charge is 0.166 e. The van der Waals surface area contributed by atoms with Crippen LogP contribution in [0.3, 0.4) is 0 Å². The fourth-order valence-corrected chi connectivity index (χ4v) is 1.66. The largest absolute Gasteiger partial charge is 0.363 e. The highest BCUT2D eigenvalue weighted by Crippen LogP contribution is 2.17. The molecule has 0 aliphatic heterocycles. The van der Waals surface area contributed by atoms with Crippen LogP contribution in [-0.4, -0.2) is 11.7 Å². The van der Waals surface area contributed by atoms with Gasteiger partial charge in [-0.3, -0.25) is 0 Å². The molecule has 16 heavy (non-hydrogen) atoms. The number of thiocarbonyl (C=S) groups is 1. The number of hydrogen-bond donors (Lipinski definition) is 2. The van der Waals surface area contributed by atoms with E-state index < -0.39 is 11.6 Å². The maximum atomic E-state index is 13.4. The molecule has 0 amide bonds. The van der Waals surface area contributed by atoms with Crippen molar-refractivity contribution in [3.8, 4) is 0 Å². The number of nitrogens with one attached hydrogen (secondary N) is 2. The highest BCUT2D eigenvalue weighted by Gasteiger charge is 2.12. The lowest BCUT2D eigenvalue weighted by Crippen LogP contribution is -2.36. The number of rotatable bonds is 3. The monoisotopic (exact) mass is 244 g/mol. The van der Waals surface area contributed by atoms with Crippen molar-refractivity contribution in [2.24, 2.45) is 0 Å². The summed E-state index contributed by atoms with van der Waals surface area (Å²) in [6.07, 6.45) is 0. The van der Waals surface area contributed by atoms with Crippen LogP contribution in [0.5, 0.6) is 0 Å². The molecule has 0 spiro atoms. The van der Waals surface area contributed by atoms with E-state index in [-0.39, 0.29) is 6.04 Å². The van der Waals surface area contributed by atoms with Crippen LogP contribution in [0.4, 0.5) is 8.78 Å². The van der Waals surface area contributed by atoms with E-state index in [4.69, 9.17) is 12.2 Å². The van der Waals surface area contributed by atoms with Gasteiger partial charge in [0.2, 0.25) is 0 Å². The molecule has 0 aromatic heterocycles. The Balaban J connectivity index is 2.72. The molecule has 1 atom stereocenters. The molecule has 2 nitrogen and oxygen atoms in total. The Morgan fingerprint density at radius 2 is 2.12 bits per heavy atom. The Morgan fingerprint density at radius 3 is 2.69 bits per heavy atom. The van der Waals surface area contributed by atoms with Crippen LogP contribution in [0.25, 0.3) is 0 Å². The molecule has 0 fully saturated rings. The molecule has 0 aliphatic rings. The lowest BCUT2D eigenvalue weighted by Gasteiger charge is -2.17. The maximum absolute atomic E-state index is 13.4. The van der Waals surface area contributed by atoms with Gasteiger partial charge in [-0.05, 0) is 32.1 Å². The molecule has 0 radical (unpaired) electrons. The van der Waals surface area contributed by atoms with Gasteiger partial charge >= 0.3 is 0 Å². The first-order valence-corrected chi connectivity index (χ1v) is 5.44. The van der Waals surface area contributed by atoms with Gasteiger partial charge in [0.15, 0.2) is 5.11 Å². The summed E-state index contributed by atoms with van der Waals surface area (Å²) in [6.45, 7) is 4.38. The number of halogens is 2. The van der Waals surface area contributed by atoms with Crippen LogP contribution in [0.1, 0.15) is 25.5 Å². The number of benzene rings is 1. The van der Waals surface area contributed by atoms with Crippen LogP contribution in [-0.2, 0) is 0 Å². The second-order valence-corrected chi connectivity index (χ2v) is 3.80. The predicted molar refractivity (Wildman–Crippen MR) is 64.2 cm³/mol. The zero-order valence-electron chi connectivity index (χ0n) is 9.18. The van der Waals surface area contributed by atoms with E-state index in [0.717, 1.165) is 6.07 Å². The second kappa shape index (κ2) is 5.75. The average molecular weight is 244 g/mol. The average Bonchev–Trinajstić information content (AvgIpc) is 2.17. The third-order valence-corrected chi connectivity index (χ3v) is 2.38. The lowest BCUT2D eigenvalue weighted by molar-refractivity contribution is 0.552. The van der Waals surface area contributed by atoms with Crippen molar-refractivity contribution < 1.29 is 8.78 Å². The van der Waals surface area contributed by atoms with E-state index in [2.05, 4.69) is 10.6 Å². The first-order valence-electron chi connectivity index (χ1n) is 5.04. The van der Waals surface area contributed by atoms with Crippen molar-refractivity contribution in [1.29, 1.82) is 0 Å². The molecule has 1 aromatic carbocycles. The summed E-state index contributed by atoms with van der Waals surface area (Å²) in [4.78, 5) is 0. The molecule has 2 N–H and O–H groups in total. The van der Waals surface area contributed by atoms with Crippen LogP contribution < -0.4 is 10.6 Å². The molecule has 0 saturated carbocycles. The molecule has 1 aromatic rings. The van der Waals surface area contributed by atoms with Gasteiger partial charge in [0.25, 0.3) is 0 Å². The Labute approximate surface area is 99.0 Å². The summed E-state index contributed by atoms with van der Waals surface area (Å²) in [6, 6.07) is 3.21. The van der Waals surface area contributed by atoms with Gasteiger partial charge in [0.1, 0.15) is 11.6 Å². The van der Waals surface area contributed by atoms with Crippen molar-refractivity contribution in [3.05, 3.63) is 35.4 Å². The van der Waals surface area contributed by atoms with E-state index in [1.807, 2.05) is 6.92 Å². The number of hydrogen-bond acceptors (Lipinski definition) is 1. The van der Waals surface area contributed by atoms with Gasteiger partial charge in [-0.2, -0.15) is 0 Å². The van der Waals surface area contributed by atoms with Crippen molar-refractivity contribution >= 4 is 17.3 Å². The molecule has 5 heteroatoms. The topological polar surface area (TPSA) is 24.1 Å². The third kappa shape index (κ3) is 3.41. The minimum atomic E-state index is -0.581. The molecular weight excluding hydrogens is 230 g/mol. The maximum Gasteiger partial charge on any atom is 0.166 e. The normalized spacial score (nSPS) is 12.0. The van der Waals surface area contributed by atoms with Crippen LogP contribution >= 0.6 is 12.2 Å². The Kier molecular flexibility index (Phi) is 4.61. The molecule has 0 bridgehead atoms.